The summed E-state index contributed by atoms with van der Waals surface area (Å²) in [6, 6.07) is 4.69. The zero-order valence-corrected chi connectivity index (χ0v) is 17.0. The highest BCUT2D eigenvalue weighted by molar-refractivity contribution is 6.00. The minimum atomic E-state index is -1.02. The number of alkyl halides is 1. The highest BCUT2D eigenvalue weighted by Gasteiger charge is 2.33. The first-order valence-electron chi connectivity index (χ1n) is 9.88. The van der Waals surface area contributed by atoms with Crippen LogP contribution >= 0.6 is 0 Å². The molecule has 1 amide bonds. The predicted molar refractivity (Wildman–Crippen MR) is 112 cm³/mol. The van der Waals surface area contributed by atoms with Gasteiger partial charge in [0, 0.05) is 25.4 Å². The molecule has 1 aliphatic rings. The van der Waals surface area contributed by atoms with Gasteiger partial charge in [0.15, 0.2) is 5.65 Å². The van der Waals surface area contributed by atoms with Gasteiger partial charge in [-0.25, -0.2) is 9.37 Å². The Kier molecular flexibility index (Phi) is 5.15. The number of hydrogen-bond acceptors (Lipinski definition) is 6. The Labute approximate surface area is 172 Å². The Hall–Kier alpha value is -3.43. The van der Waals surface area contributed by atoms with Crippen molar-refractivity contribution < 1.29 is 9.18 Å². The molecule has 30 heavy (non-hydrogen) atoms. The fraction of sp³-hybridized carbons (Fsp3) is 0.400. The second-order valence-electron chi connectivity index (χ2n) is 7.60. The Morgan fingerprint density at radius 1 is 1.33 bits per heavy atom. The summed E-state index contributed by atoms with van der Waals surface area (Å²) in [5, 5.41) is 13.0. The molecule has 0 saturated heterocycles. The van der Waals surface area contributed by atoms with E-state index in [0.29, 0.717) is 35.8 Å². The summed E-state index contributed by atoms with van der Waals surface area (Å²) in [5.41, 5.74) is 0.731. The molecule has 0 bridgehead atoms. The molecule has 1 fully saturated rings. The summed E-state index contributed by atoms with van der Waals surface area (Å²) in [4.78, 5) is 29.8. The van der Waals surface area contributed by atoms with Crippen molar-refractivity contribution in [3.63, 3.8) is 0 Å². The topological polar surface area (TPSA) is 105 Å². The van der Waals surface area contributed by atoms with E-state index in [-0.39, 0.29) is 17.2 Å². The van der Waals surface area contributed by atoms with E-state index in [1.165, 1.54) is 10.7 Å². The van der Waals surface area contributed by atoms with Crippen LogP contribution in [0.1, 0.15) is 43.1 Å². The molecular formula is C20H24FN7O2. The maximum absolute atomic E-state index is 13.5. The lowest BCUT2D eigenvalue weighted by Crippen LogP contribution is -2.48. The fourth-order valence-electron chi connectivity index (χ4n) is 3.38. The Bertz CT molecular complexity index is 1150. The summed E-state index contributed by atoms with van der Waals surface area (Å²) in [6.07, 6.45) is 3.19. The number of pyridine rings is 1. The molecule has 3 aromatic heterocycles. The van der Waals surface area contributed by atoms with Gasteiger partial charge >= 0.3 is 0 Å². The maximum Gasteiger partial charge on any atom is 0.274 e. The predicted octanol–water partition coefficient (Wildman–Crippen LogP) is 2.49. The van der Waals surface area contributed by atoms with Crippen molar-refractivity contribution in [2.24, 2.45) is 0 Å². The third-order valence-corrected chi connectivity index (χ3v) is 5.27. The zero-order chi connectivity index (χ0) is 21.4. The van der Waals surface area contributed by atoms with Crippen LogP contribution in [0.5, 0.6) is 0 Å². The summed E-state index contributed by atoms with van der Waals surface area (Å²) in [6.45, 7) is 3.85. The van der Waals surface area contributed by atoms with Gasteiger partial charge in [0.1, 0.15) is 29.1 Å². The third-order valence-electron chi connectivity index (χ3n) is 5.27. The van der Waals surface area contributed by atoms with Crippen molar-refractivity contribution in [1.82, 2.24) is 24.5 Å². The van der Waals surface area contributed by atoms with Crippen LogP contribution in [-0.4, -0.2) is 44.3 Å². The summed E-state index contributed by atoms with van der Waals surface area (Å²) in [5.74, 6) is 0.534. The van der Waals surface area contributed by atoms with Crippen LogP contribution in [0.2, 0.25) is 0 Å². The molecule has 0 radical (unpaired) electrons. The lowest BCUT2D eigenvalue weighted by Gasteiger charge is -2.30. The first-order chi connectivity index (χ1) is 14.4. The summed E-state index contributed by atoms with van der Waals surface area (Å²) >= 11 is 0. The number of nitrogens with one attached hydrogen (secondary N) is 3. The molecular weight excluding hydrogens is 389 g/mol. The number of hydrogen-bond donors (Lipinski definition) is 3. The molecule has 0 aliphatic heterocycles. The number of rotatable bonds is 6. The number of nitrogens with zero attached hydrogens (tertiary/aromatic N) is 4. The number of anilines is 3. The number of aromatic nitrogens is 4. The summed E-state index contributed by atoms with van der Waals surface area (Å²) in [7, 11) is 1.72. The third kappa shape index (κ3) is 3.49. The zero-order valence-electron chi connectivity index (χ0n) is 17.0. The van der Waals surface area contributed by atoms with Gasteiger partial charge in [-0.05, 0) is 38.8 Å². The Morgan fingerprint density at radius 2 is 2.13 bits per heavy atom. The van der Waals surface area contributed by atoms with Crippen LogP contribution in [0, 0.1) is 0 Å². The maximum atomic E-state index is 13.5. The van der Waals surface area contributed by atoms with E-state index in [9.17, 15) is 14.0 Å². The molecule has 4 rings (SSSR count). The van der Waals surface area contributed by atoms with Crippen molar-refractivity contribution in [1.29, 1.82) is 0 Å². The molecule has 1 aliphatic carbocycles. The molecule has 3 heterocycles. The van der Waals surface area contributed by atoms with E-state index in [0.717, 1.165) is 0 Å². The number of halogens is 1. The molecule has 3 aromatic rings. The SMILES string of the molecule is CNc1cc(Nc2cccn(C(C)C)c2=O)nc2c(C(=O)N[C@H]3CC[C@@H]3F)cnn12. The van der Waals surface area contributed by atoms with Crippen LogP contribution in [-0.2, 0) is 0 Å². The monoisotopic (exact) mass is 413 g/mol. The second kappa shape index (κ2) is 7.77. The van der Waals surface area contributed by atoms with Crippen LogP contribution in [0.25, 0.3) is 5.65 Å². The normalized spacial score (nSPS) is 18.3. The highest BCUT2D eigenvalue weighted by Crippen LogP contribution is 2.25. The standard InChI is InChI=1S/C20H24FN7O2/c1-11(2)27-8-4-5-15(20(27)30)24-16-9-17(22-3)28-18(26-16)12(10-23-28)19(29)25-14-7-6-13(14)21/h4-5,8-11,13-14,22H,6-7H2,1-3H3,(H,24,26)(H,25,29)/t13-,14-/m0/s1. The van der Waals surface area contributed by atoms with E-state index in [4.69, 9.17) is 0 Å². The first kappa shape index (κ1) is 19.9. The Balaban J connectivity index is 1.70. The van der Waals surface area contributed by atoms with Gasteiger partial charge < -0.3 is 20.5 Å². The quantitative estimate of drug-likeness (QED) is 0.573. The van der Waals surface area contributed by atoms with E-state index in [1.54, 1.807) is 36.0 Å². The van der Waals surface area contributed by atoms with Crippen LogP contribution in [0.4, 0.5) is 21.7 Å². The average Bonchev–Trinajstić information content (AvgIpc) is 3.15. The lowest BCUT2D eigenvalue weighted by molar-refractivity contribution is 0.0826. The van der Waals surface area contributed by atoms with Crippen LogP contribution < -0.4 is 21.5 Å². The molecule has 0 spiro atoms. The van der Waals surface area contributed by atoms with Crippen molar-refractivity contribution in [2.45, 2.75) is 44.9 Å². The van der Waals surface area contributed by atoms with Gasteiger partial charge in [-0.1, -0.05) is 0 Å². The average molecular weight is 413 g/mol. The molecule has 10 heteroatoms. The Morgan fingerprint density at radius 3 is 2.77 bits per heavy atom. The van der Waals surface area contributed by atoms with E-state index in [1.807, 2.05) is 13.8 Å². The van der Waals surface area contributed by atoms with Gasteiger partial charge in [-0.3, -0.25) is 9.59 Å². The van der Waals surface area contributed by atoms with Crippen molar-refractivity contribution in [3.8, 4) is 0 Å². The molecule has 2 atom stereocenters. The van der Waals surface area contributed by atoms with Crippen molar-refractivity contribution >= 4 is 28.9 Å². The molecule has 158 valence electrons. The number of carbonyl (C=O) groups is 1. The highest BCUT2D eigenvalue weighted by atomic mass is 19.1. The smallest absolute Gasteiger partial charge is 0.274 e. The minimum Gasteiger partial charge on any atom is -0.373 e. The number of fused-ring (bicyclic) bond motifs is 1. The van der Waals surface area contributed by atoms with Gasteiger partial charge in [0.2, 0.25) is 0 Å². The number of carbonyl (C=O) groups excluding carboxylic acids is 1. The van der Waals surface area contributed by atoms with E-state index in [2.05, 4.69) is 26.0 Å². The largest absolute Gasteiger partial charge is 0.373 e. The minimum absolute atomic E-state index is 0.0125. The first-order valence-corrected chi connectivity index (χ1v) is 9.88. The van der Waals surface area contributed by atoms with Crippen LogP contribution in [0.15, 0.2) is 35.4 Å². The number of amides is 1. The van der Waals surface area contributed by atoms with Gasteiger partial charge in [0.25, 0.3) is 11.5 Å². The molecule has 0 aromatic carbocycles. The van der Waals surface area contributed by atoms with E-state index >= 15 is 0 Å². The molecule has 9 nitrogen and oxygen atoms in total. The fourth-order valence-corrected chi connectivity index (χ4v) is 3.38. The van der Waals surface area contributed by atoms with Crippen molar-refractivity contribution in [2.75, 3.05) is 17.7 Å². The van der Waals surface area contributed by atoms with Gasteiger partial charge in [-0.15, -0.1) is 0 Å². The molecule has 0 unspecified atom stereocenters. The van der Waals surface area contributed by atoms with Gasteiger partial charge in [0.05, 0.1) is 12.2 Å². The second-order valence-corrected chi connectivity index (χ2v) is 7.60. The summed E-state index contributed by atoms with van der Waals surface area (Å²) < 4.78 is 16.7. The lowest BCUT2D eigenvalue weighted by atomic mass is 9.90. The van der Waals surface area contributed by atoms with Gasteiger partial charge in [-0.2, -0.15) is 9.61 Å². The van der Waals surface area contributed by atoms with Crippen LogP contribution in [0.3, 0.4) is 0 Å². The van der Waals surface area contributed by atoms with Crippen molar-refractivity contribution in [3.05, 3.63) is 46.5 Å². The molecule has 3 N–H and O–H groups in total. The van der Waals surface area contributed by atoms with E-state index < -0.39 is 18.1 Å². The molecule has 1 saturated carbocycles.